The van der Waals surface area contributed by atoms with Crippen LogP contribution >= 0.6 is 0 Å². The van der Waals surface area contributed by atoms with Gasteiger partial charge in [0.15, 0.2) is 0 Å². The van der Waals surface area contributed by atoms with Crippen LogP contribution in [0.4, 0.5) is 0 Å². The quantitative estimate of drug-likeness (QED) is 0.859. The lowest BCUT2D eigenvalue weighted by molar-refractivity contribution is -0.137. The zero-order valence-corrected chi connectivity index (χ0v) is 13.2. The molecule has 0 spiro atoms. The molecule has 1 atom stereocenters. The van der Waals surface area contributed by atoms with Gasteiger partial charge in [-0.3, -0.25) is 14.6 Å². The largest absolute Gasteiger partial charge is 0.481 e. The number of carboxylic acid groups (broad SMARTS) is 1. The van der Waals surface area contributed by atoms with Gasteiger partial charge in [0.2, 0.25) is 0 Å². The maximum atomic E-state index is 12.3. The van der Waals surface area contributed by atoms with Crippen molar-refractivity contribution in [3.8, 4) is 11.3 Å². The van der Waals surface area contributed by atoms with Crippen LogP contribution in [-0.2, 0) is 4.79 Å². The van der Waals surface area contributed by atoms with Gasteiger partial charge < -0.3 is 10.4 Å². The van der Waals surface area contributed by atoms with Crippen LogP contribution in [0.15, 0.2) is 42.5 Å². The number of carbonyl (C=O) groups is 2. The van der Waals surface area contributed by atoms with Gasteiger partial charge in [-0.15, -0.1) is 0 Å². The monoisotopic (exact) mass is 312 g/mol. The molecule has 5 nitrogen and oxygen atoms in total. The smallest absolute Gasteiger partial charge is 0.303 e. The molecule has 0 saturated heterocycles. The highest BCUT2D eigenvalue weighted by Gasteiger charge is 2.14. The number of carboxylic acids is 1. The number of rotatable bonds is 6. The highest BCUT2D eigenvalue weighted by Crippen LogP contribution is 2.18. The van der Waals surface area contributed by atoms with Crippen LogP contribution in [0, 0.1) is 6.92 Å². The number of carbonyl (C=O) groups excluding carboxylic acids is 1. The van der Waals surface area contributed by atoms with E-state index < -0.39 is 5.97 Å². The molecule has 1 amide bonds. The summed E-state index contributed by atoms with van der Waals surface area (Å²) in [6.07, 6.45) is 0.432. The molecule has 2 aromatic rings. The van der Waals surface area contributed by atoms with E-state index in [4.69, 9.17) is 5.11 Å². The van der Waals surface area contributed by atoms with Crippen molar-refractivity contribution in [2.45, 2.75) is 32.7 Å². The average Bonchev–Trinajstić information content (AvgIpc) is 2.53. The van der Waals surface area contributed by atoms with Gasteiger partial charge in [-0.1, -0.05) is 30.3 Å². The van der Waals surface area contributed by atoms with Crippen molar-refractivity contribution in [3.63, 3.8) is 0 Å². The molecule has 1 unspecified atom stereocenters. The number of hydrogen-bond donors (Lipinski definition) is 2. The van der Waals surface area contributed by atoms with Crippen LogP contribution in [-0.4, -0.2) is 28.0 Å². The van der Waals surface area contributed by atoms with E-state index in [0.29, 0.717) is 17.7 Å². The number of pyridine rings is 1. The molecule has 23 heavy (non-hydrogen) atoms. The maximum Gasteiger partial charge on any atom is 0.303 e. The van der Waals surface area contributed by atoms with Crippen molar-refractivity contribution < 1.29 is 14.7 Å². The number of nitrogens with one attached hydrogen (secondary N) is 1. The first-order chi connectivity index (χ1) is 11.0. The van der Waals surface area contributed by atoms with E-state index in [-0.39, 0.29) is 18.4 Å². The second-order valence-electron chi connectivity index (χ2n) is 5.50. The molecule has 0 radical (unpaired) electrons. The second-order valence-corrected chi connectivity index (χ2v) is 5.50. The molecule has 120 valence electrons. The lowest BCUT2D eigenvalue weighted by Crippen LogP contribution is -2.33. The molecular weight excluding hydrogens is 292 g/mol. The van der Waals surface area contributed by atoms with Gasteiger partial charge in [-0.2, -0.15) is 0 Å². The third kappa shape index (κ3) is 4.64. The second kappa shape index (κ2) is 7.54. The van der Waals surface area contributed by atoms with Gasteiger partial charge >= 0.3 is 5.97 Å². The van der Waals surface area contributed by atoms with E-state index in [1.165, 1.54) is 0 Å². The topological polar surface area (TPSA) is 79.3 Å². The van der Waals surface area contributed by atoms with E-state index in [0.717, 1.165) is 11.3 Å². The molecule has 1 aromatic heterocycles. The van der Waals surface area contributed by atoms with Crippen molar-refractivity contribution in [2.75, 3.05) is 0 Å². The van der Waals surface area contributed by atoms with Crippen LogP contribution < -0.4 is 5.32 Å². The number of nitrogens with zero attached hydrogens (tertiary/aromatic N) is 1. The zero-order chi connectivity index (χ0) is 16.8. The first kappa shape index (κ1) is 16.7. The first-order valence-electron chi connectivity index (χ1n) is 7.53. The predicted octanol–water partition coefficient (Wildman–Crippen LogP) is 3.04. The fourth-order valence-electron chi connectivity index (χ4n) is 2.28. The molecule has 0 saturated carbocycles. The van der Waals surface area contributed by atoms with E-state index >= 15 is 0 Å². The Bertz CT molecular complexity index is 699. The SMILES string of the molecule is Cc1nc(-c2ccccc2)ccc1C(=O)NC(C)CCC(=O)O. The van der Waals surface area contributed by atoms with Gasteiger partial charge in [0, 0.05) is 18.0 Å². The first-order valence-corrected chi connectivity index (χ1v) is 7.53. The number of amides is 1. The van der Waals surface area contributed by atoms with Crippen LogP contribution in [0.1, 0.15) is 35.8 Å². The van der Waals surface area contributed by atoms with Crippen molar-refractivity contribution in [2.24, 2.45) is 0 Å². The summed E-state index contributed by atoms with van der Waals surface area (Å²) in [6, 6.07) is 13.1. The maximum absolute atomic E-state index is 12.3. The molecule has 0 aliphatic heterocycles. The summed E-state index contributed by atoms with van der Waals surface area (Å²) in [5.41, 5.74) is 2.97. The summed E-state index contributed by atoms with van der Waals surface area (Å²) in [4.78, 5) is 27.3. The summed E-state index contributed by atoms with van der Waals surface area (Å²) in [7, 11) is 0. The molecule has 0 aliphatic rings. The van der Waals surface area contributed by atoms with Crippen LogP contribution in [0.5, 0.6) is 0 Å². The van der Waals surface area contributed by atoms with Crippen molar-refractivity contribution >= 4 is 11.9 Å². The third-order valence-electron chi connectivity index (χ3n) is 3.57. The molecule has 2 N–H and O–H groups in total. The molecule has 1 heterocycles. The van der Waals surface area contributed by atoms with Gasteiger partial charge in [-0.05, 0) is 32.4 Å². The summed E-state index contributed by atoms with van der Waals surface area (Å²) in [5, 5.41) is 11.5. The van der Waals surface area contributed by atoms with Gasteiger partial charge in [0.25, 0.3) is 5.91 Å². The minimum absolute atomic E-state index is 0.0334. The minimum atomic E-state index is -0.865. The average molecular weight is 312 g/mol. The number of hydrogen-bond acceptors (Lipinski definition) is 3. The molecule has 2 rings (SSSR count). The summed E-state index contributed by atoms with van der Waals surface area (Å²) in [5.74, 6) is -1.09. The highest BCUT2D eigenvalue weighted by molar-refractivity contribution is 5.95. The molecule has 1 aromatic carbocycles. The summed E-state index contributed by atoms with van der Waals surface area (Å²) in [6.45, 7) is 3.59. The lowest BCUT2D eigenvalue weighted by atomic mass is 10.1. The Morgan fingerprint density at radius 1 is 1.17 bits per heavy atom. The van der Waals surface area contributed by atoms with E-state index in [9.17, 15) is 9.59 Å². The lowest BCUT2D eigenvalue weighted by Gasteiger charge is -2.14. The predicted molar refractivity (Wildman–Crippen MR) is 88.2 cm³/mol. The highest BCUT2D eigenvalue weighted by atomic mass is 16.4. The van der Waals surface area contributed by atoms with Crippen LogP contribution in [0.3, 0.4) is 0 Å². The standard InChI is InChI=1S/C18H20N2O3/c1-12(8-11-17(21)22)19-18(23)15-9-10-16(20-13(15)2)14-6-4-3-5-7-14/h3-7,9-10,12H,8,11H2,1-2H3,(H,19,23)(H,21,22). The van der Waals surface area contributed by atoms with E-state index in [1.54, 1.807) is 19.9 Å². The van der Waals surface area contributed by atoms with Gasteiger partial charge in [-0.25, -0.2) is 0 Å². The van der Waals surface area contributed by atoms with Crippen LogP contribution in [0.2, 0.25) is 0 Å². The number of aryl methyl sites for hydroxylation is 1. The zero-order valence-electron chi connectivity index (χ0n) is 13.2. The van der Waals surface area contributed by atoms with Crippen LogP contribution in [0.25, 0.3) is 11.3 Å². The molecule has 0 aliphatic carbocycles. The Hall–Kier alpha value is -2.69. The third-order valence-corrected chi connectivity index (χ3v) is 3.57. The minimum Gasteiger partial charge on any atom is -0.481 e. The van der Waals surface area contributed by atoms with Gasteiger partial charge in [0.1, 0.15) is 0 Å². The number of benzene rings is 1. The molecular formula is C18H20N2O3. The van der Waals surface area contributed by atoms with Crippen molar-refractivity contribution in [3.05, 3.63) is 53.7 Å². The Kier molecular flexibility index (Phi) is 5.46. The van der Waals surface area contributed by atoms with Crippen molar-refractivity contribution in [1.82, 2.24) is 10.3 Å². The van der Waals surface area contributed by atoms with E-state index in [2.05, 4.69) is 10.3 Å². The molecule has 5 heteroatoms. The van der Waals surface area contributed by atoms with Crippen molar-refractivity contribution in [1.29, 1.82) is 0 Å². The fraction of sp³-hybridized carbons (Fsp3) is 0.278. The molecule has 0 bridgehead atoms. The normalized spacial score (nSPS) is 11.7. The Morgan fingerprint density at radius 3 is 2.48 bits per heavy atom. The Morgan fingerprint density at radius 2 is 1.87 bits per heavy atom. The number of aliphatic carboxylic acids is 1. The van der Waals surface area contributed by atoms with E-state index in [1.807, 2.05) is 36.4 Å². The Balaban J connectivity index is 2.08. The van der Waals surface area contributed by atoms with Gasteiger partial charge in [0.05, 0.1) is 17.0 Å². The number of aromatic nitrogens is 1. The molecule has 0 fully saturated rings. The fourth-order valence-corrected chi connectivity index (χ4v) is 2.28. The Labute approximate surface area is 135 Å². The summed E-state index contributed by atoms with van der Waals surface area (Å²) < 4.78 is 0. The summed E-state index contributed by atoms with van der Waals surface area (Å²) >= 11 is 0.